The van der Waals surface area contributed by atoms with Crippen molar-refractivity contribution in [2.75, 3.05) is 5.32 Å². The number of aryl methyl sites for hydroxylation is 1. The summed E-state index contributed by atoms with van der Waals surface area (Å²) in [5.41, 5.74) is 1.34. The minimum atomic E-state index is -0.478. The van der Waals surface area contributed by atoms with Crippen molar-refractivity contribution >= 4 is 27.5 Å². The first-order valence-electron chi connectivity index (χ1n) is 5.50. The summed E-state index contributed by atoms with van der Waals surface area (Å²) in [6, 6.07) is 7.91. The average molecular weight is 326 g/mol. The summed E-state index contributed by atoms with van der Waals surface area (Å²) in [5.74, 6) is -1.33. The van der Waals surface area contributed by atoms with Crippen LogP contribution >= 0.6 is 15.9 Å². The Bertz CT molecular complexity index is 643. The van der Waals surface area contributed by atoms with E-state index in [0.29, 0.717) is 15.7 Å². The van der Waals surface area contributed by atoms with Gasteiger partial charge in [-0.15, -0.1) is 0 Å². The molecule has 0 saturated carbocycles. The molecular formula is C14H10BrF2NO. The molecule has 0 spiro atoms. The number of carbonyl (C=O) groups is 1. The molecular weight excluding hydrogens is 316 g/mol. The van der Waals surface area contributed by atoms with E-state index in [1.807, 2.05) is 0 Å². The van der Waals surface area contributed by atoms with E-state index in [0.717, 1.165) is 0 Å². The zero-order valence-corrected chi connectivity index (χ0v) is 11.6. The highest BCUT2D eigenvalue weighted by Gasteiger charge is 2.12. The summed E-state index contributed by atoms with van der Waals surface area (Å²) in [5, 5.41) is 2.60. The standard InChI is InChI=1S/C14H10BrF2NO/c1-8-2-3-9(16)6-11(8)14(19)18-13-5-4-10(17)7-12(13)15/h2-7H,1H3,(H,18,19). The van der Waals surface area contributed by atoms with E-state index in [-0.39, 0.29) is 5.56 Å². The van der Waals surface area contributed by atoms with Crippen molar-refractivity contribution in [1.29, 1.82) is 0 Å². The predicted molar refractivity (Wildman–Crippen MR) is 73.2 cm³/mol. The maximum Gasteiger partial charge on any atom is 0.256 e. The van der Waals surface area contributed by atoms with Crippen LogP contribution in [0.15, 0.2) is 40.9 Å². The zero-order chi connectivity index (χ0) is 14.0. The Hall–Kier alpha value is -1.75. The number of anilines is 1. The molecule has 0 atom stereocenters. The van der Waals surface area contributed by atoms with Crippen LogP contribution in [0.25, 0.3) is 0 Å². The Morgan fingerprint density at radius 1 is 1.11 bits per heavy atom. The average Bonchev–Trinajstić information content (AvgIpc) is 2.35. The van der Waals surface area contributed by atoms with Gasteiger partial charge in [-0.25, -0.2) is 8.78 Å². The SMILES string of the molecule is Cc1ccc(F)cc1C(=O)Nc1ccc(F)cc1Br. The number of hydrogen-bond donors (Lipinski definition) is 1. The van der Waals surface area contributed by atoms with E-state index in [1.165, 1.54) is 36.4 Å². The largest absolute Gasteiger partial charge is 0.321 e. The molecule has 0 bridgehead atoms. The van der Waals surface area contributed by atoms with Crippen LogP contribution in [-0.4, -0.2) is 5.91 Å². The van der Waals surface area contributed by atoms with Crippen molar-refractivity contribution in [2.45, 2.75) is 6.92 Å². The second-order valence-corrected chi connectivity index (χ2v) is 4.89. The molecule has 0 aliphatic carbocycles. The third-order valence-electron chi connectivity index (χ3n) is 2.62. The number of rotatable bonds is 2. The third kappa shape index (κ3) is 3.17. The number of hydrogen-bond acceptors (Lipinski definition) is 1. The van der Waals surface area contributed by atoms with E-state index < -0.39 is 17.5 Å². The lowest BCUT2D eigenvalue weighted by atomic mass is 10.1. The molecule has 0 unspecified atom stereocenters. The molecule has 1 N–H and O–H groups in total. The summed E-state index contributed by atoms with van der Waals surface area (Å²) in [6.45, 7) is 1.72. The van der Waals surface area contributed by atoms with Gasteiger partial charge in [0.15, 0.2) is 0 Å². The summed E-state index contributed by atoms with van der Waals surface area (Å²) in [6.07, 6.45) is 0. The zero-order valence-electron chi connectivity index (χ0n) is 10.0. The smallest absolute Gasteiger partial charge is 0.256 e. The monoisotopic (exact) mass is 325 g/mol. The van der Waals surface area contributed by atoms with Gasteiger partial charge in [0, 0.05) is 10.0 Å². The number of halogens is 3. The molecule has 0 aromatic heterocycles. The van der Waals surface area contributed by atoms with E-state index in [9.17, 15) is 13.6 Å². The number of amides is 1. The molecule has 19 heavy (non-hydrogen) atoms. The van der Waals surface area contributed by atoms with Crippen LogP contribution in [0.4, 0.5) is 14.5 Å². The van der Waals surface area contributed by atoms with Crippen molar-refractivity contribution in [3.8, 4) is 0 Å². The van der Waals surface area contributed by atoms with Crippen molar-refractivity contribution in [2.24, 2.45) is 0 Å². The van der Waals surface area contributed by atoms with Crippen LogP contribution in [0.1, 0.15) is 15.9 Å². The van der Waals surface area contributed by atoms with E-state index in [4.69, 9.17) is 0 Å². The first-order chi connectivity index (χ1) is 8.97. The number of benzene rings is 2. The van der Waals surface area contributed by atoms with Gasteiger partial charge in [-0.05, 0) is 58.7 Å². The quantitative estimate of drug-likeness (QED) is 0.876. The highest BCUT2D eigenvalue weighted by molar-refractivity contribution is 9.10. The molecule has 98 valence electrons. The van der Waals surface area contributed by atoms with Crippen LogP contribution in [0.5, 0.6) is 0 Å². The van der Waals surface area contributed by atoms with Crippen LogP contribution < -0.4 is 5.32 Å². The second kappa shape index (κ2) is 5.48. The molecule has 0 radical (unpaired) electrons. The van der Waals surface area contributed by atoms with Crippen molar-refractivity contribution in [3.63, 3.8) is 0 Å². The van der Waals surface area contributed by atoms with Gasteiger partial charge in [0.2, 0.25) is 0 Å². The fourth-order valence-electron chi connectivity index (χ4n) is 1.62. The molecule has 5 heteroatoms. The van der Waals surface area contributed by atoms with Crippen LogP contribution in [-0.2, 0) is 0 Å². The van der Waals surface area contributed by atoms with Crippen molar-refractivity contribution in [1.82, 2.24) is 0 Å². The van der Waals surface area contributed by atoms with Gasteiger partial charge in [-0.3, -0.25) is 4.79 Å². The predicted octanol–water partition coefficient (Wildman–Crippen LogP) is 4.29. The molecule has 1 amide bonds. The van der Waals surface area contributed by atoms with Crippen LogP contribution in [0, 0.1) is 18.6 Å². The Morgan fingerprint density at radius 2 is 1.74 bits per heavy atom. The Balaban J connectivity index is 2.28. The van der Waals surface area contributed by atoms with Crippen LogP contribution in [0.3, 0.4) is 0 Å². The van der Waals surface area contributed by atoms with Gasteiger partial charge in [0.1, 0.15) is 11.6 Å². The summed E-state index contributed by atoms with van der Waals surface area (Å²) < 4.78 is 26.5. The number of nitrogens with one attached hydrogen (secondary N) is 1. The Labute approximate surface area is 117 Å². The minimum Gasteiger partial charge on any atom is -0.321 e. The van der Waals surface area contributed by atoms with E-state index in [1.54, 1.807) is 6.92 Å². The normalized spacial score (nSPS) is 10.3. The Morgan fingerprint density at radius 3 is 2.42 bits per heavy atom. The van der Waals surface area contributed by atoms with E-state index in [2.05, 4.69) is 21.2 Å². The molecule has 0 saturated heterocycles. The molecule has 0 fully saturated rings. The first kappa shape index (κ1) is 13.7. The Kier molecular flexibility index (Phi) is 3.95. The maximum atomic E-state index is 13.1. The highest BCUT2D eigenvalue weighted by Crippen LogP contribution is 2.24. The van der Waals surface area contributed by atoms with Crippen molar-refractivity contribution < 1.29 is 13.6 Å². The molecule has 2 aromatic rings. The van der Waals surface area contributed by atoms with Gasteiger partial charge < -0.3 is 5.32 Å². The van der Waals surface area contributed by atoms with Crippen molar-refractivity contribution in [3.05, 3.63) is 63.6 Å². The number of carbonyl (C=O) groups excluding carboxylic acids is 1. The fourth-order valence-corrected chi connectivity index (χ4v) is 2.07. The highest BCUT2D eigenvalue weighted by atomic mass is 79.9. The molecule has 0 aliphatic heterocycles. The van der Waals surface area contributed by atoms with Gasteiger partial charge in [-0.2, -0.15) is 0 Å². The fraction of sp³-hybridized carbons (Fsp3) is 0.0714. The van der Waals surface area contributed by atoms with E-state index >= 15 is 0 Å². The topological polar surface area (TPSA) is 29.1 Å². The minimum absolute atomic E-state index is 0.247. The molecule has 0 heterocycles. The third-order valence-corrected chi connectivity index (χ3v) is 3.28. The van der Waals surface area contributed by atoms with Gasteiger partial charge in [0.05, 0.1) is 5.69 Å². The summed E-state index contributed by atoms with van der Waals surface area (Å²) in [4.78, 5) is 12.0. The molecule has 2 rings (SSSR count). The lowest BCUT2D eigenvalue weighted by molar-refractivity contribution is 0.102. The molecule has 0 aliphatic rings. The summed E-state index contributed by atoms with van der Waals surface area (Å²) in [7, 11) is 0. The second-order valence-electron chi connectivity index (χ2n) is 4.04. The lowest BCUT2D eigenvalue weighted by Crippen LogP contribution is -2.14. The van der Waals surface area contributed by atoms with Gasteiger partial charge in [0.25, 0.3) is 5.91 Å². The molecule has 2 nitrogen and oxygen atoms in total. The molecule has 2 aromatic carbocycles. The lowest BCUT2D eigenvalue weighted by Gasteiger charge is -2.09. The summed E-state index contributed by atoms with van der Waals surface area (Å²) >= 11 is 3.15. The van der Waals surface area contributed by atoms with Gasteiger partial charge in [-0.1, -0.05) is 6.07 Å². The maximum absolute atomic E-state index is 13.1. The van der Waals surface area contributed by atoms with Crippen LogP contribution in [0.2, 0.25) is 0 Å². The van der Waals surface area contributed by atoms with Gasteiger partial charge >= 0.3 is 0 Å². The first-order valence-corrected chi connectivity index (χ1v) is 6.29.